The molecule has 1 unspecified atom stereocenters. The summed E-state index contributed by atoms with van der Waals surface area (Å²) in [7, 11) is 4.39. The van der Waals surface area contributed by atoms with Crippen molar-refractivity contribution < 1.29 is 9.84 Å². The number of likely N-dealkylation sites (tertiary alicyclic amines) is 1. The average molecular weight is 256 g/mol. The number of aliphatic hydroxyl groups is 1. The van der Waals surface area contributed by atoms with Crippen molar-refractivity contribution in [1.82, 2.24) is 9.80 Å². The molecule has 0 radical (unpaired) electrons. The first-order chi connectivity index (χ1) is 8.63. The average Bonchev–Trinajstić information content (AvgIpc) is 2.31. The van der Waals surface area contributed by atoms with Crippen LogP contribution in [0, 0.1) is 11.3 Å². The predicted molar refractivity (Wildman–Crippen MR) is 72.7 cm³/mol. The molecule has 0 aromatic carbocycles. The Labute approximate surface area is 111 Å². The van der Waals surface area contributed by atoms with E-state index in [2.05, 4.69) is 23.9 Å². The molecule has 2 saturated heterocycles. The van der Waals surface area contributed by atoms with Gasteiger partial charge in [-0.05, 0) is 52.4 Å². The Morgan fingerprint density at radius 1 is 1.44 bits per heavy atom. The zero-order valence-corrected chi connectivity index (χ0v) is 11.9. The molecule has 2 aliphatic rings. The molecule has 4 nitrogen and oxygen atoms in total. The minimum absolute atomic E-state index is 0.0259. The van der Waals surface area contributed by atoms with Crippen LogP contribution in [0.25, 0.3) is 0 Å². The third kappa shape index (κ3) is 3.67. The van der Waals surface area contributed by atoms with Crippen molar-refractivity contribution in [3.63, 3.8) is 0 Å². The van der Waals surface area contributed by atoms with Crippen LogP contribution in [0.15, 0.2) is 0 Å². The summed E-state index contributed by atoms with van der Waals surface area (Å²) in [6.07, 6.45) is 4.01. The lowest BCUT2D eigenvalue weighted by atomic mass is 9.86. The van der Waals surface area contributed by atoms with E-state index in [4.69, 9.17) is 4.74 Å². The normalized spacial score (nSPS) is 28.3. The van der Waals surface area contributed by atoms with E-state index in [0.29, 0.717) is 0 Å². The molecule has 1 N–H and O–H groups in total. The van der Waals surface area contributed by atoms with Crippen LogP contribution in [0.1, 0.15) is 19.3 Å². The number of nitrogens with zero attached hydrogens (tertiary/aromatic N) is 2. The van der Waals surface area contributed by atoms with E-state index < -0.39 is 0 Å². The van der Waals surface area contributed by atoms with Crippen LogP contribution in [-0.2, 0) is 4.74 Å². The van der Waals surface area contributed by atoms with Gasteiger partial charge in [0.05, 0.1) is 25.2 Å². The van der Waals surface area contributed by atoms with E-state index in [0.717, 1.165) is 32.2 Å². The quantitative estimate of drug-likeness (QED) is 0.757. The summed E-state index contributed by atoms with van der Waals surface area (Å²) < 4.78 is 5.25. The molecule has 2 aliphatic heterocycles. The van der Waals surface area contributed by atoms with Crippen LogP contribution in [0.5, 0.6) is 0 Å². The highest BCUT2D eigenvalue weighted by Gasteiger charge is 2.38. The van der Waals surface area contributed by atoms with Gasteiger partial charge in [0, 0.05) is 13.1 Å². The first-order valence-corrected chi connectivity index (χ1v) is 7.19. The molecule has 0 amide bonds. The molecular formula is C14H28N2O2. The van der Waals surface area contributed by atoms with E-state index in [1.165, 1.54) is 32.4 Å². The maximum atomic E-state index is 9.42. The van der Waals surface area contributed by atoms with Gasteiger partial charge < -0.3 is 19.6 Å². The fourth-order valence-corrected chi connectivity index (χ4v) is 3.19. The van der Waals surface area contributed by atoms with Crippen LogP contribution in [0.4, 0.5) is 0 Å². The minimum Gasteiger partial charge on any atom is -0.396 e. The summed E-state index contributed by atoms with van der Waals surface area (Å²) in [5.41, 5.74) is 0.0259. The Morgan fingerprint density at radius 2 is 2.22 bits per heavy atom. The Kier molecular flexibility index (Phi) is 5.01. The van der Waals surface area contributed by atoms with Gasteiger partial charge in [0.2, 0.25) is 0 Å². The lowest BCUT2D eigenvalue weighted by molar-refractivity contribution is -0.146. The molecule has 2 heterocycles. The maximum Gasteiger partial charge on any atom is 0.0579 e. The SMILES string of the molecule is CN1CCCC(CCN(C)CC2(CO)COC2)C1. The van der Waals surface area contributed by atoms with Crippen LogP contribution in [0.3, 0.4) is 0 Å². The molecule has 2 rings (SSSR count). The second-order valence-electron chi connectivity index (χ2n) is 6.45. The van der Waals surface area contributed by atoms with Gasteiger partial charge in [-0.15, -0.1) is 0 Å². The second-order valence-corrected chi connectivity index (χ2v) is 6.45. The lowest BCUT2D eigenvalue weighted by Gasteiger charge is -2.42. The molecule has 4 heteroatoms. The van der Waals surface area contributed by atoms with Gasteiger partial charge in [-0.2, -0.15) is 0 Å². The van der Waals surface area contributed by atoms with Crippen molar-refractivity contribution in [3.8, 4) is 0 Å². The standard InChI is InChI=1S/C14H28N2O2/c1-15-6-3-4-13(8-15)5-7-16(2)9-14(10-17)11-18-12-14/h13,17H,3-12H2,1-2H3. The van der Waals surface area contributed by atoms with Crippen molar-refractivity contribution in [2.75, 3.05) is 60.1 Å². The number of aliphatic hydroxyl groups excluding tert-OH is 1. The summed E-state index contributed by atoms with van der Waals surface area (Å²) in [5.74, 6) is 0.855. The number of hydrogen-bond acceptors (Lipinski definition) is 4. The van der Waals surface area contributed by atoms with E-state index in [9.17, 15) is 5.11 Å². The minimum atomic E-state index is 0.0259. The Bertz CT molecular complexity index is 251. The van der Waals surface area contributed by atoms with Crippen molar-refractivity contribution in [2.45, 2.75) is 19.3 Å². The van der Waals surface area contributed by atoms with Crippen LogP contribution in [-0.4, -0.2) is 75.0 Å². The zero-order valence-electron chi connectivity index (χ0n) is 11.9. The molecule has 18 heavy (non-hydrogen) atoms. The molecule has 2 fully saturated rings. The molecule has 0 aromatic heterocycles. The van der Waals surface area contributed by atoms with Gasteiger partial charge in [-0.3, -0.25) is 0 Å². The van der Waals surface area contributed by atoms with Gasteiger partial charge >= 0.3 is 0 Å². The predicted octanol–water partition coefficient (Wildman–Crippen LogP) is 0.659. The Balaban J connectivity index is 1.66. The smallest absolute Gasteiger partial charge is 0.0579 e. The van der Waals surface area contributed by atoms with E-state index >= 15 is 0 Å². The third-order valence-corrected chi connectivity index (χ3v) is 4.40. The highest BCUT2D eigenvalue weighted by Crippen LogP contribution is 2.28. The summed E-state index contributed by atoms with van der Waals surface area (Å²) in [5, 5.41) is 9.42. The molecule has 106 valence electrons. The van der Waals surface area contributed by atoms with Crippen LogP contribution in [0.2, 0.25) is 0 Å². The highest BCUT2D eigenvalue weighted by molar-refractivity contribution is 4.87. The van der Waals surface area contributed by atoms with E-state index in [-0.39, 0.29) is 12.0 Å². The molecular weight excluding hydrogens is 228 g/mol. The maximum absolute atomic E-state index is 9.42. The Hall–Kier alpha value is -0.160. The summed E-state index contributed by atoms with van der Waals surface area (Å²) in [6.45, 7) is 6.31. The first kappa shape index (κ1) is 14.3. The van der Waals surface area contributed by atoms with Gasteiger partial charge in [0.25, 0.3) is 0 Å². The van der Waals surface area contributed by atoms with Gasteiger partial charge in [-0.25, -0.2) is 0 Å². The van der Waals surface area contributed by atoms with Gasteiger partial charge in [-0.1, -0.05) is 0 Å². The van der Waals surface area contributed by atoms with Gasteiger partial charge in [0.1, 0.15) is 0 Å². The second kappa shape index (κ2) is 6.33. The number of rotatable bonds is 6. The molecule has 0 bridgehead atoms. The number of piperidine rings is 1. The molecule has 0 saturated carbocycles. The lowest BCUT2D eigenvalue weighted by Crippen LogP contribution is -2.52. The van der Waals surface area contributed by atoms with Crippen molar-refractivity contribution in [1.29, 1.82) is 0 Å². The number of hydrogen-bond donors (Lipinski definition) is 1. The number of ether oxygens (including phenoxy) is 1. The van der Waals surface area contributed by atoms with Crippen molar-refractivity contribution in [2.24, 2.45) is 11.3 Å². The molecule has 0 aromatic rings. The van der Waals surface area contributed by atoms with E-state index in [1.54, 1.807) is 0 Å². The summed E-state index contributed by atoms with van der Waals surface area (Å²) >= 11 is 0. The summed E-state index contributed by atoms with van der Waals surface area (Å²) in [6, 6.07) is 0. The molecule has 0 spiro atoms. The Morgan fingerprint density at radius 3 is 2.78 bits per heavy atom. The van der Waals surface area contributed by atoms with Gasteiger partial charge in [0.15, 0.2) is 0 Å². The highest BCUT2D eigenvalue weighted by atomic mass is 16.5. The van der Waals surface area contributed by atoms with Crippen molar-refractivity contribution in [3.05, 3.63) is 0 Å². The van der Waals surface area contributed by atoms with Crippen LogP contribution >= 0.6 is 0 Å². The largest absolute Gasteiger partial charge is 0.396 e. The molecule has 1 atom stereocenters. The van der Waals surface area contributed by atoms with Crippen LogP contribution < -0.4 is 0 Å². The third-order valence-electron chi connectivity index (χ3n) is 4.40. The first-order valence-electron chi connectivity index (χ1n) is 7.19. The summed E-state index contributed by atoms with van der Waals surface area (Å²) in [4.78, 5) is 4.82. The molecule has 0 aliphatic carbocycles. The fourth-order valence-electron chi connectivity index (χ4n) is 3.19. The topological polar surface area (TPSA) is 35.9 Å². The fraction of sp³-hybridized carbons (Fsp3) is 1.00. The van der Waals surface area contributed by atoms with Crippen molar-refractivity contribution >= 4 is 0 Å². The van der Waals surface area contributed by atoms with E-state index in [1.807, 2.05) is 0 Å². The monoisotopic (exact) mass is 256 g/mol. The zero-order chi connectivity index (χ0) is 13.0.